The number of hydrogen-bond donors (Lipinski definition) is 1. The van der Waals surface area contributed by atoms with Crippen LogP contribution in [0.5, 0.6) is 5.75 Å². The Labute approximate surface area is 176 Å². The van der Waals surface area contributed by atoms with Gasteiger partial charge in [-0.3, -0.25) is 9.59 Å². The summed E-state index contributed by atoms with van der Waals surface area (Å²) in [5, 5.41) is 11.0. The van der Waals surface area contributed by atoms with Crippen LogP contribution in [0.15, 0.2) is 52.7 Å². The van der Waals surface area contributed by atoms with Crippen molar-refractivity contribution in [3.05, 3.63) is 59.6 Å². The van der Waals surface area contributed by atoms with Crippen LogP contribution in [0.2, 0.25) is 0 Å². The number of ether oxygens (including phenoxy) is 1. The van der Waals surface area contributed by atoms with E-state index in [0.29, 0.717) is 36.8 Å². The highest BCUT2D eigenvalue weighted by Crippen LogP contribution is 2.39. The van der Waals surface area contributed by atoms with E-state index in [0.717, 1.165) is 13.1 Å². The lowest BCUT2D eigenvalue weighted by Gasteiger charge is -2.26. The maximum Gasteiger partial charge on any atom is 0.295 e. The quantitative estimate of drug-likeness (QED) is 0.386. The summed E-state index contributed by atoms with van der Waals surface area (Å²) in [4.78, 5) is 29.4. The summed E-state index contributed by atoms with van der Waals surface area (Å²) in [6.45, 7) is 9.19. The number of ketones is 1. The fourth-order valence-electron chi connectivity index (χ4n) is 3.67. The normalized spacial score (nSPS) is 18.4. The van der Waals surface area contributed by atoms with E-state index in [1.54, 1.807) is 36.4 Å². The standard InChI is InChI=1S/C23H28N2O5/c1-4-24(5-2)13-14-25-20(18-8-7-15-30-18)19(22(27)23(25)28)21(26)16-9-11-17(12-10-16)29-6-3/h7-12,15,20,26H,4-6,13-14H2,1-3H3/b21-19+. The Morgan fingerprint density at radius 2 is 1.83 bits per heavy atom. The van der Waals surface area contributed by atoms with Crippen molar-refractivity contribution >= 4 is 17.4 Å². The number of Topliss-reactive ketones (excluding diaryl/α,β-unsaturated/α-hetero) is 1. The molecule has 3 rings (SSSR count). The second-order valence-corrected chi connectivity index (χ2v) is 6.99. The number of benzene rings is 1. The SMILES string of the molecule is CCOc1ccc(/C(O)=C2\C(=O)C(=O)N(CCN(CC)CC)C2c2ccco2)cc1. The van der Waals surface area contributed by atoms with E-state index in [1.165, 1.54) is 11.2 Å². The molecule has 1 amide bonds. The van der Waals surface area contributed by atoms with Gasteiger partial charge in [0.05, 0.1) is 18.4 Å². The number of nitrogens with zero attached hydrogens (tertiary/aromatic N) is 2. The van der Waals surface area contributed by atoms with Crippen LogP contribution in [0.25, 0.3) is 5.76 Å². The van der Waals surface area contributed by atoms with E-state index < -0.39 is 17.7 Å². The Bertz CT molecular complexity index is 898. The summed E-state index contributed by atoms with van der Waals surface area (Å²) in [7, 11) is 0. The molecule has 7 nitrogen and oxygen atoms in total. The Balaban J connectivity index is 1.99. The first kappa shape index (κ1) is 21.6. The zero-order chi connectivity index (χ0) is 21.7. The Kier molecular flexibility index (Phi) is 6.95. The third kappa shape index (κ3) is 4.26. The van der Waals surface area contributed by atoms with E-state index in [-0.39, 0.29) is 11.3 Å². The molecule has 0 saturated carbocycles. The molecule has 1 aliphatic rings. The third-order valence-electron chi connectivity index (χ3n) is 5.34. The van der Waals surface area contributed by atoms with E-state index >= 15 is 0 Å². The van der Waals surface area contributed by atoms with Gasteiger partial charge in [0.25, 0.3) is 11.7 Å². The monoisotopic (exact) mass is 412 g/mol. The fourth-order valence-corrected chi connectivity index (χ4v) is 3.67. The summed E-state index contributed by atoms with van der Waals surface area (Å²) in [5.74, 6) is -0.445. The number of amides is 1. The minimum atomic E-state index is -0.762. The van der Waals surface area contributed by atoms with Crippen molar-refractivity contribution in [2.24, 2.45) is 0 Å². The third-order valence-corrected chi connectivity index (χ3v) is 5.34. The first-order valence-corrected chi connectivity index (χ1v) is 10.3. The van der Waals surface area contributed by atoms with Crippen LogP contribution < -0.4 is 4.74 Å². The van der Waals surface area contributed by atoms with Gasteiger partial charge in [-0.1, -0.05) is 13.8 Å². The minimum absolute atomic E-state index is 0.0404. The number of hydrogen-bond acceptors (Lipinski definition) is 6. The van der Waals surface area contributed by atoms with Gasteiger partial charge in [-0.15, -0.1) is 0 Å². The lowest BCUT2D eigenvalue weighted by molar-refractivity contribution is -0.140. The van der Waals surface area contributed by atoms with Gasteiger partial charge in [0.1, 0.15) is 23.3 Å². The van der Waals surface area contributed by atoms with Gasteiger partial charge < -0.3 is 24.1 Å². The zero-order valence-electron chi connectivity index (χ0n) is 17.6. The van der Waals surface area contributed by atoms with Crippen LogP contribution in [0.1, 0.15) is 38.1 Å². The van der Waals surface area contributed by atoms with Gasteiger partial charge in [-0.2, -0.15) is 0 Å². The average molecular weight is 412 g/mol. The van der Waals surface area contributed by atoms with Crippen LogP contribution in [0.3, 0.4) is 0 Å². The van der Waals surface area contributed by atoms with Gasteiger partial charge in [-0.25, -0.2) is 0 Å². The average Bonchev–Trinajstić information content (AvgIpc) is 3.37. The fraction of sp³-hybridized carbons (Fsp3) is 0.391. The number of aliphatic hydroxyl groups excluding tert-OH is 1. The number of likely N-dealkylation sites (tertiary alicyclic amines) is 1. The van der Waals surface area contributed by atoms with Crippen LogP contribution in [-0.2, 0) is 9.59 Å². The van der Waals surface area contributed by atoms with Crippen molar-refractivity contribution in [3.8, 4) is 5.75 Å². The molecular weight excluding hydrogens is 384 g/mol. The van der Waals surface area contributed by atoms with E-state index in [9.17, 15) is 14.7 Å². The van der Waals surface area contributed by atoms with Gasteiger partial charge in [0, 0.05) is 18.7 Å². The molecule has 1 unspecified atom stereocenters. The number of rotatable bonds is 9. The highest BCUT2D eigenvalue weighted by atomic mass is 16.5. The largest absolute Gasteiger partial charge is 0.507 e. The van der Waals surface area contributed by atoms with Crippen LogP contribution in [-0.4, -0.2) is 59.4 Å². The molecule has 0 bridgehead atoms. The Morgan fingerprint density at radius 1 is 1.13 bits per heavy atom. The number of likely N-dealkylation sites (N-methyl/N-ethyl adjacent to an activating group) is 1. The number of furan rings is 1. The maximum atomic E-state index is 12.9. The van der Waals surface area contributed by atoms with Crippen molar-refractivity contribution < 1.29 is 23.8 Å². The molecule has 1 aromatic carbocycles. The first-order chi connectivity index (χ1) is 14.5. The second kappa shape index (κ2) is 9.63. The molecule has 1 atom stereocenters. The second-order valence-electron chi connectivity index (χ2n) is 6.99. The molecule has 1 aromatic heterocycles. The molecule has 0 spiro atoms. The van der Waals surface area contributed by atoms with Crippen molar-refractivity contribution in [1.29, 1.82) is 0 Å². The van der Waals surface area contributed by atoms with Crippen molar-refractivity contribution in [1.82, 2.24) is 9.80 Å². The topological polar surface area (TPSA) is 83.2 Å². The maximum absolute atomic E-state index is 12.9. The molecule has 0 radical (unpaired) electrons. The van der Waals surface area contributed by atoms with E-state index in [2.05, 4.69) is 4.90 Å². The highest BCUT2D eigenvalue weighted by molar-refractivity contribution is 6.46. The summed E-state index contributed by atoms with van der Waals surface area (Å²) >= 11 is 0. The van der Waals surface area contributed by atoms with Crippen LogP contribution in [0, 0.1) is 0 Å². The molecule has 1 fully saturated rings. The van der Waals surface area contributed by atoms with E-state index in [4.69, 9.17) is 9.15 Å². The molecular formula is C23H28N2O5. The van der Waals surface area contributed by atoms with Crippen LogP contribution >= 0.6 is 0 Å². The van der Waals surface area contributed by atoms with Crippen molar-refractivity contribution in [2.45, 2.75) is 26.8 Å². The number of aliphatic hydroxyl groups is 1. The molecule has 0 aliphatic carbocycles. The summed E-state index contributed by atoms with van der Waals surface area (Å²) in [6.07, 6.45) is 1.50. The number of carbonyl (C=O) groups is 2. The Morgan fingerprint density at radius 3 is 2.40 bits per heavy atom. The molecule has 7 heteroatoms. The van der Waals surface area contributed by atoms with Gasteiger partial charge in [0.15, 0.2) is 0 Å². The Hall–Kier alpha value is -3.06. The van der Waals surface area contributed by atoms with Gasteiger partial charge in [-0.05, 0) is 56.4 Å². The summed E-state index contributed by atoms with van der Waals surface area (Å²) < 4.78 is 11.0. The molecule has 1 saturated heterocycles. The van der Waals surface area contributed by atoms with Gasteiger partial charge in [0.2, 0.25) is 0 Å². The van der Waals surface area contributed by atoms with Crippen molar-refractivity contribution in [3.63, 3.8) is 0 Å². The molecule has 2 heterocycles. The van der Waals surface area contributed by atoms with Gasteiger partial charge >= 0.3 is 0 Å². The molecule has 160 valence electrons. The smallest absolute Gasteiger partial charge is 0.295 e. The predicted octanol–water partition coefficient (Wildman–Crippen LogP) is 3.44. The van der Waals surface area contributed by atoms with E-state index in [1.807, 2.05) is 20.8 Å². The lowest BCUT2D eigenvalue weighted by atomic mass is 9.99. The first-order valence-electron chi connectivity index (χ1n) is 10.3. The minimum Gasteiger partial charge on any atom is -0.507 e. The van der Waals surface area contributed by atoms with Crippen molar-refractivity contribution in [2.75, 3.05) is 32.8 Å². The molecule has 30 heavy (non-hydrogen) atoms. The number of carbonyl (C=O) groups excluding carboxylic acids is 2. The zero-order valence-corrected chi connectivity index (χ0v) is 17.6. The lowest BCUT2D eigenvalue weighted by Crippen LogP contribution is -2.37. The molecule has 1 aliphatic heterocycles. The van der Waals surface area contributed by atoms with Crippen LogP contribution in [0.4, 0.5) is 0 Å². The predicted molar refractivity (Wildman–Crippen MR) is 113 cm³/mol. The molecule has 1 N–H and O–H groups in total. The summed E-state index contributed by atoms with van der Waals surface area (Å²) in [5.41, 5.74) is 0.482. The molecule has 2 aromatic rings. The summed E-state index contributed by atoms with van der Waals surface area (Å²) in [6, 6.07) is 9.44. The highest BCUT2D eigenvalue weighted by Gasteiger charge is 2.47.